The van der Waals surface area contributed by atoms with Gasteiger partial charge < -0.3 is 65.1 Å². The van der Waals surface area contributed by atoms with Crippen LogP contribution in [0.3, 0.4) is 0 Å². The summed E-state index contributed by atoms with van der Waals surface area (Å²) >= 11 is 0. The van der Waals surface area contributed by atoms with E-state index >= 15 is 0 Å². The summed E-state index contributed by atoms with van der Waals surface area (Å²) in [5.74, 6) is -0.233. The number of ether oxygens (including phenoxy) is 4. The van der Waals surface area contributed by atoms with Crippen molar-refractivity contribution in [3.8, 4) is 0 Å². The minimum absolute atomic E-state index is 0.233. The number of nitrogens with one attached hydrogen (secondary N) is 1. The third kappa shape index (κ3) is 33.2. The maximum atomic E-state index is 13.3. The standard InChI is InChI=1S/C61H117NO13/c1-3-5-7-9-11-13-15-17-19-21-23-24-25-26-27-29-31-33-35-37-39-41-43-45-53(66)62-49(50(65)44-42-40-38-36-34-32-30-28-22-20-18-16-14-12-10-8-6-4-2)48-72-60-58(71)56(69)59(52(47-64)74-60)75-61-57(70)55(68)54(67)51(46-63)73-61/h42,44,49-52,54-61,63-65,67-71H,3-41,43,45-48H2,1-2H3,(H,62,66)/b44-42+. The quantitative estimate of drug-likeness (QED) is 0.0204. The summed E-state index contributed by atoms with van der Waals surface area (Å²) in [5.41, 5.74) is 0. The molecule has 14 nitrogen and oxygen atoms in total. The predicted molar refractivity (Wildman–Crippen MR) is 300 cm³/mol. The number of allylic oxidation sites excluding steroid dienone is 1. The summed E-state index contributed by atoms with van der Waals surface area (Å²) in [7, 11) is 0. The molecule has 75 heavy (non-hydrogen) atoms. The van der Waals surface area contributed by atoms with Gasteiger partial charge in [0.15, 0.2) is 12.6 Å². The number of carbonyl (C=O) groups is 1. The topological polar surface area (TPSA) is 228 Å². The second kappa shape index (κ2) is 47.5. The van der Waals surface area contributed by atoms with E-state index in [2.05, 4.69) is 19.2 Å². The highest BCUT2D eigenvalue weighted by Crippen LogP contribution is 2.30. The van der Waals surface area contributed by atoms with Crippen molar-refractivity contribution in [2.24, 2.45) is 0 Å². The smallest absolute Gasteiger partial charge is 0.220 e. The number of aliphatic hydroxyl groups excluding tert-OH is 8. The van der Waals surface area contributed by atoms with E-state index < -0.39 is 86.8 Å². The van der Waals surface area contributed by atoms with Crippen LogP contribution in [0.4, 0.5) is 0 Å². The molecule has 2 rings (SSSR count). The number of amides is 1. The molecule has 0 saturated carbocycles. The molecule has 2 fully saturated rings. The molecule has 0 aromatic heterocycles. The van der Waals surface area contributed by atoms with Crippen molar-refractivity contribution in [3.05, 3.63) is 12.2 Å². The molecule has 0 bridgehead atoms. The predicted octanol–water partition coefficient (Wildman–Crippen LogP) is 11.1. The fraction of sp³-hybridized carbons (Fsp3) is 0.951. The number of carbonyl (C=O) groups excluding carboxylic acids is 1. The van der Waals surface area contributed by atoms with Crippen LogP contribution in [0.1, 0.15) is 277 Å². The summed E-state index contributed by atoms with van der Waals surface area (Å²) < 4.78 is 22.8. The number of hydrogen-bond donors (Lipinski definition) is 9. The average Bonchev–Trinajstić information content (AvgIpc) is 3.41. The molecule has 2 heterocycles. The van der Waals surface area contributed by atoms with Gasteiger partial charge in [-0.2, -0.15) is 0 Å². The Bertz CT molecular complexity index is 1310. The Balaban J connectivity index is 1.73. The van der Waals surface area contributed by atoms with Crippen LogP contribution in [-0.4, -0.2) is 140 Å². The lowest BCUT2D eigenvalue weighted by atomic mass is 9.97. The molecule has 444 valence electrons. The molecule has 0 aliphatic carbocycles. The fourth-order valence-electron chi connectivity index (χ4n) is 10.6. The molecule has 1 amide bonds. The van der Waals surface area contributed by atoms with Gasteiger partial charge in [0.25, 0.3) is 0 Å². The first-order valence-corrected chi connectivity index (χ1v) is 31.4. The molecule has 2 saturated heterocycles. The van der Waals surface area contributed by atoms with E-state index in [-0.39, 0.29) is 18.9 Å². The van der Waals surface area contributed by atoms with E-state index in [9.17, 15) is 45.6 Å². The lowest BCUT2D eigenvalue weighted by Crippen LogP contribution is -2.65. The maximum absolute atomic E-state index is 13.3. The number of rotatable bonds is 51. The summed E-state index contributed by atoms with van der Waals surface area (Å²) in [6.45, 7) is 2.84. The van der Waals surface area contributed by atoms with Gasteiger partial charge in [-0.1, -0.05) is 264 Å². The van der Waals surface area contributed by atoms with Gasteiger partial charge >= 0.3 is 0 Å². The van der Waals surface area contributed by atoms with E-state index in [1.165, 1.54) is 212 Å². The molecular formula is C61H117NO13. The van der Waals surface area contributed by atoms with Gasteiger partial charge in [-0.05, 0) is 19.3 Å². The molecule has 14 heteroatoms. The third-order valence-corrected chi connectivity index (χ3v) is 15.7. The molecule has 0 radical (unpaired) electrons. The minimum Gasteiger partial charge on any atom is -0.394 e. The Hall–Kier alpha value is -1.27. The lowest BCUT2D eigenvalue weighted by molar-refractivity contribution is -0.359. The Kier molecular flexibility index (Phi) is 44.3. The Labute approximate surface area is 456 Å². The van der Waals surface area contributed by atoms with Crippen molar-refractivity contribution < 1.29 is 64.6 Å². The molecule has 0 spiro atoms. The Morgan fingerprint density at radius 1 is 0.467 bits per heavy atom. The molecule has 12 unspecified atom stereocenters. The van der Waals surface area contributed by atoms with E-state index in [0.717, 1.165) is 38.5 Å². The van der Waals surface area contributed by atoms with Crippen molar-refractivity contribution in [2.45, 2.75) is 351 Å². The summed E-state index contributed by atoms with van der Waals surface area (Å²) in [4.78, 5) is 13.3. The highest BCUT2D eigenvalue weighted by molar-refractivity contribution is 5.76. The SMILES string of the molecule is CCCCCCCCCCCCCCCCCC/C=C/C(O)C(COC1OC(CO)C(OC2OC(CO)C(O)C(O)C2O)C(O)C1O)NC(=O)CCCCCCCCCCCCCCCCCCCCCCCCC. The van der Waals surface area contributed by atoms with E-state index in [1.54, 1.807) is 6.08 Å². The number of unbranched alkanes of at least 4 members (excludes halogenated alkanes) is 38. The molecule has 9 N–H and O–H groups in total. The zero-order valence-electron chi connectivity index (χ0n) is 47.8. The van der Waals surface area contributed by atoms with E-state index in [1.807, 2.05) is 6.08 Å². The van der Waals surface area contributed by atoms with Crippen LogP contribution in [0, 0.1) is 0 Å². The van der Waals surface area contributed by atoms with Crippen molar-refractivity contribution in [1.29, 1.82) is 0 Å². The van der Waals surface area contributed by atoms with Crippen LogP contribution in [0.2, 0.25) is 0 Å². The highest BCUT2D eigenvalue weighted by atomic mass is 16.7. The van der Waals surface area contributed by atoms with Crippen LogP contribution in [0.5, 0.6) is 0 Å². The third-order valence-electron chi connectivity index (χ3n) is 15.7. The molecule has 2 aliphatic rings. The van der Waals surface area contributed by atoms with Crippen LogP contribution in [-0.2, 0) is 23.7 Å². The number of aliphatic hydroxyl groups is 8. The number of hydrogen-bond acceptors (Lipinski definition) is 13. The van der Waals surface area contributed by atoms with Gasteiger partial charge in [0, 0.05) is 6.42 Å². The van der Waals surface area contributed by atoms with Gasteiger partial charge in [-0.25, -0.2) is 0 Å². The van der Waals surface area contributed by atoms with Crippen LogP contribution >= 0.6 is 0 Å². The van der Waals surface area contributed by atoms with E-state index in [0.29, 0.717) is 6.42 Å². The fourth-order valence-corrected chi connectivity index (χ4v) is 10.6. The molecule has 12 atom stereocenters. The highest BCUT2D eigenvalue weighted by Gasteiger charge is 2.51. The molecule has 2 aliphatic heterocycles. The Morgan fingerprint density at radius 2 is 0.827 bits per heavy atom. The first-order valence-electron chi connectivity index (χ1n) is 31.4. The normalized spacial score (nSPS) is 25.0. The summed E-state index contributed by atoms with van der Waals surface area (Å²) in [6, 6.07) is -0.910. The second-order valence-electron chi connectivity index (χ2n) is 22.6. The Morgan fingerprint density at radius 3 is 1.23 bits per heavy atom. The van der Waals surface area contributed by atoms with E-state index in [4.69, 9.17) is 18.9 Å². The van der Waals surface area contributed by atoms with Crippen molar-refractivity contribution in [3.63, 3.8) is 0 Å². The second-order valence-corrected chi connectivity index (χ2v) is 22.6. The summed E-state index contributed by atoms with van der Waals surface area (Å²) in [6.07, 6.45) is 38.2. The van der Waals surface area contributed by atoms with Crippen molar-refractivity contribution in [2.75, 3.05) is 19.8 Å². The first-order chi connectivity index (χ1) is 36.6. The minimum atomic E-state index is -1.79. The molecular weight excluding hydrogens is 955 g/mol. The van der Waals surface area contributed by atoms with Gasteiger partial charge in [0.05, 0.1) is 32.0 Å². The monoisotopic (exact) mass is 1070 g/mol. The summed E-state index contributed by atoms with van der Waals surface area (Å²) in [5, 5.41) is 87.2. The van der Waals surface area contributed by atoms with Gasteiger partial charge in [0.1, 0.15) is 48.8 Å². The molecule has 0 aromatic rings. The average molecular weight is 1070 g/mol. The maximum Gasteiger partial charge on any atom is 0.220 e. The van der Waals surface area contributed by atoms with Crippen molar-refractivity contribution >= 4 is 5.91 Å². The van der Waals surface area contributed by atoms with Gasteiger partial charge in [-0.15, -0.1) is 0 Å². The lowest BCUT2D eigenvalue weighted by Gasteiger charge is -2.46. The van der Waals surface area contributed by atoms with Crippen LogP contribution in [0.15, 0.2) is 12.2 Å². The van der Waals surface area contributed by atoms with Gasteiger partial charge in [0.2, 0.25) is 5.91 Å². The molecule has 0 aromatic carbocycles. The van der Waals surface area contributed by atoms with Crippen LogP contribution in [0.25, 0.3) is 0 Å². The largest absolute Gasteiger partial charge is 0.394 e. The van der Waals surface area contributed by atoms with Crippen LogP contribution < -0.4 is 5.32 Å². The first kappa shape index (κ1) is 69.8. The van der Waals surface area contributed by atoms with Crippen molar-refractivity contribution in [1.82, 2.24) is 5.32 Å². The zero-order chi connectivity index (χ0) is 54.6. The zero-order valence-corrected chi connectivity index (χ0v) is 47.8. The van der Waals surface area contributed by atoms with Gasteiger partial charge in [-0.3, -0.25) is 4.79 Å².